The molecule has 0 fully saturated rings. The van der Waals surface area contributed by atoms with Gasteiger partial charge in [0, 0.05) is 18.0 Å². The Morgan fingerprint density at radius 3 is 2.57 bits per heavy atom. The zero-order valence-electron chi connectivity index (χ0n) is 18.8. The molecule has 9 nitrogen and oxygen atoms in total. The summed E-state index contributed by atoms with van der Waals surface area (Å²) in [4.78, 5) is 21.5. The lowest BCUT2D eigenvalue weighted by Crippen LogP contribution is -2.14. The number of esters is 1. The van der Waals surface area contributed by atoms with E-state index in [9.17, 15) is 4.79 Å². The first-order valence-corrected chi connectivity index (χ1v) is 11.5. The number of carbonyl (C=O) groups is 1. The molecule has 1 aromatic carbocycles. The lowest BCUT2D eigenvalue weighted by Gasteiger charge is -2.10. The van der Waals surface area contributed by atoms with Gasteiger partial charge in [-0.15, -0.1) is 10.2 Å². The summed E-state index contributed by atoms with van der Waals surface area (Å²) in [5, 5.41) is 13.6. The van der Waals surface area contributed by atoms with Crippen molar-refractivity contribution in [3.8, 4) is 39.5 Å². The topological polar surface area (TPSA) is 104 Å². The summed E-state index contributed by atoms with van der Waals surface area (Å²) in [6.45, 7) is 1.93. The van der Waals surface area contributed by atoms with Crippen LogP contribution in [0.1, 0.15) is 17.4 Å². The summed E-state index contributed by atoms with van der Waals surface area (Å²) in [5.41, 5.74) is 4.37. The van der Waals surface area contributed by atoms with E-state index in [0.29, 0.717) is 33.1 Å². The van der Waals surface area contributed by atoms with Gasteiger partial charge in [0.05, 0.1) is 25.0 Å². The molecule has 174 valence electrons. The fraction of sp³-hybridized carbons (Fsp3) is 0.120. The SMILES string of the molecule is CCOC(=O)c1nnc2c(-c3cccc(OC)c3)c(-c3ccncc3)nn2c1-c1cccc(Br)n1. The van der Waals surface area contributed by atoms with Gasteiger partial charge >= 0.3 is 5.97 Å². The van der Waals surface area contributed by atoms with Crippen LogP contribution in [0.3, 0.4) is 0 Å². The molecule has 4 heterocycles. The number of halogens is 1. The molecule has 0 amide bonds. The first kappa shape index (κ1) is 22.6. The van der Waals surface area contributed by atoms with Gasteiger partial charge < -0.3 is 9.47 Å². The summed E-state index contributed by atoms with van der Waals surface area (Å²) in [6, 6.07) is 16.7. The van der Waals surface area contributed by atoms with Crippen molar-refractivity contribution >= 4 is 27.5 Å². The number of nitrogens with zero attached hydrogens (tertiary/aromatic N) is 6. The van der Waals surface area contributed by atoms with Crippen LogP contribution in [0, 0.1) is 0 Å². The molecule has 0 bridgehead atoms. The van der Waals surface area contributed by atoms with Gasteiger partial charge in [0.1, 0.15) is 21.7 Å². The van der Waals surface area contributed by atoms with Crippen LogP contribution in [0.2, 0.25) is 0 Å². The highest BCUT2D eigenvalue weighted by Gasteiger charge is 2.27. The highest BCUT2D eigenvalue weighted by atomic mass is 79.9. The number of ether oxygens (including phenoxy) is 2. The Labute approximate surface area is 208 Å². The Bertz CT molecular complexity index is 1540. The van der Waals surface area contributed by atoms with Gasteiger partial charge in [-0.1, -0.05) is 18.2 Å². The van der Waals surface area contributed by atoms with E-state index in [2.05, 4.69) is 36.1 Å². The molecule has 4 aromatic heterocycles. The summed E-state index contributed by atoms with van der Waals surface area (Å²) in [6.07, 6.45) is 3.39. The van der Waals surface area contributed by atoms with Gasteiger partial charge in [-0.3, -0.25) is 4.98 Å². The van der Waals surface area contributed by atoms with Gasteiger partial charge in [0.25, 0.3) is 0 Å². The maximum atomic E-state index is 12.9. The summed E-state index contributed by atoms with van der Waals surface area (Å²) < 4.78 is 12.9. The Kier molecular flexibility index (Phi) is 6.19. The number of methoxy groups -OCH3 is 1. The molecule has 0 unspecified atom stereocenters. The van der Waals surface area contributed by atoms with Crippen LogP contribution in [0.4, 0.5) is 0 Å². The van der Waals surface area contributed by atoms with E-state index < -0.39 is 5.97 Å². The quantitative estimate of drug-likeness (QED) is 0.226. The second kappa shape index (κ2) is 9.59. The molecule has 0 saturated heterocycles. The molecular formula is C25H19BrN6O3. The molecule has 0 saturated carbocycles. The predicted octanol–water partition coefficient (Wildman–Crippen LogP) is 4.86. The fourth-order valence-corrected chi connectivity index (χ4v) is 4.11. The standard InChI is InChI=1S/C25H19BrN6O3/c1-3-35-25(33)22-23(18-8-5-9-19(26)28-18)32-24(30-29-22)20(16-6-4-7-17(14-16)34-2)21(31-32)15-10-12-27-13-11-15/h4-14H,3H2,1-2H3. The summed E-state index contributed by atoms with van der Waals surface area (Å²) >= 11 is 3.41. The van der Waals surface area contributed by atoms with E-state index in [1.165, 1.54) is 0 Å². The Hall–Kier alpha value is -4.18. The van der Waals surface area contributed by atoms with E-state index >= 15 is 0 Å². The van der Waals surface area contributed by atoms with Crippen LogP contribution < -0.4 is 4.74 Å². The molecule has 0 N–H and O–H groups in total. The van der Waals surface area contributed by atoms with E-state index in [1.807, 2.05) is 42.5 Å². The maximum absolute atomic E-state index is 12.9. The van der Waals surface area contributed by atoms with Crippen molar-refractivity contribution in [1.82, 2.24) is 29.8 Å². The molecule has 0 radical (unpaired) electrons. The number of benzene rings is 1. The molecule has 0 aliphatic heterocycles. The van der Waals surface area contributed by atoms with Crippen molar-refractivity contribution in [3.05, 3.63) is 77.3 Å². The maximum Gasteiger partial charge on any atom is 0.361 e. The summed E-state index contributed by atoms with van der Waals surface area (Å²) in [7, 11) is 1.61. The van der Waals surface area contributed by atoms with Crippen molar-refractivity contribution in [2.24, 2.45) is 0 Å². The number of carbonyl (C=O) groups excluding carboxylic acids is 1. The zero-order valence-corrected chi connectivity index (χ0v) is 20.4. The normalized spacial score (nSPS) is 10.9. The van der Waals surface area contributed by atoms with Crippen LogP contribution in [-0.2, 0) is 4.74 Å². The van der Waals surface area contributed by atoms with Gasteiger partial charge in [-0.25, -0.2) is 14.3 Å². The Morgan fingerprint density at radius 2 is 1.83 bits per heavy atom. The zero-order chi connectivity index (χ0) is 24.4. The second-order valence-corrected chi connectivity index (χ2v) is 8.20. The van der Waals surface area contributed by atoms with Crippen LogP contribution >= 0.6 is 15.9 Å². The molecule has 5 rings (SSSR count). The van der Waals surface area contributed by atoms with Crippen LogP contribution in [0.5, 0.6) is 5.75 Å². The van der Waals surface area contributed by atoms with Crippen molar-refractivity contribution < 1.29 is 14.3 Å². The minimum Gasteiger partial charge on any atom is -0.497 e. The van der Waals surface area contributed by atoms with Crippen molar-refractivity contribution in [3.63, 3.8) is 0 Å². The monoisotopic (exact) mass is 530 g/mol. The van der Waals surface area contributed by atoms with Crippen molar-refractivity contribution in [2.45, 2.75) is 6.92 Å². The number of pyridine rings is 2. The van der Waals surface area contributed by atoms with Gasteiger partial charge in [-0.05, 0) is 64.8 Å². The largest absolute Gasteiger partial charge is 0.497 e. The smallest absolute Gasteiger partial charge is 0.361 e. The first-order chi connectivity index (χ1) is 17.1. The number of rotatable bonds is 6. The van der Waals surface area contributed by atoms with Gasteiger partial charge in [-0.2, -0.15) is 5.10 Å². The number of hydrogen-bond donors (Lipinski definition) is 0. The highest BCUT2D eigenvalue weighted by Crippen LogP contribution is 2.37. The van der Waals surface area contributed by atoms with E-state index in [0.717, 1.165) is 16.7 Å². The molecule has 0 aliphatic carbocycles. The average Bonchev–Trinajstić information content (AvgIpc) is 3.28. The molecule has 0 spiro atoms. The lowest BCUT2D eigenvalue weighted by atomic mass is 10.0. The molecule has 10 heteroatoms. The molecular weight excluding hydrogens is 512 g/mol. The second-order valence-electron chi connectivity index (χ2n) is 7.39. The number of hydrogen-bond acceptors (Lipinski definition) is 8. The minimum absolute atomic E-state index is 0.0194. The molecule has 35 heavy (non-hydrogen) atoms. The molecule has 0 aliphatic rings. The van der Waals surface area contributed by atoms with Gasteiger partial charge in [0.15, 0.2) is 11.3 Å². The molecule has 5 aromatic rings. The fourth-order valence-electron chi connectivity index (χ4n) is 3.77. The third kappa shape index (κ3) is 4.24. The van der Waals surface area contributed by atoms with Crippen molar-refractivity contribution in [2.75, 3.05) is 13.7 Å². The van der Waals surface area contributed by atoms with Crippen LogP contribution in [0.15, 0.2) is 71.6 Å². The average molecular weight is 531 g/mol. The van der Waals surface area contributed by atoms with E-state index in [1.54, 1.807) is 43.1 Å². The Morgan fingerprint density at radius 1 is 1.03 bits per heavy atom. The highest BCUT2D eigenvalue weighted by molar-refractivity contribution is 9.10. The third-order valence-corrected chi connectivity index (χ3v) is 5.72. The van der Waals surface area contributed by atoms with Gasteiger partial charge in [0.2, 0.25) is 0 Å². The van der Waals surface area contributed by atoms with Crippen molar-refractivity contribution in [1.29, 1.82) is 0 Å². The minimum atomic E-state index is -0.609. The first-order valence-electron chi connectivity index (χ1n) is 10.7. The predicted molar refractivity (Wildman–Crippen MR) is 133 cm³/mol. The van der Waals surface area contributed by atoms with Crippen LogP contribution in [0.25, 0.3) is 39.4 Å². The lowest BCUT2D eigenvalue weighted by molar-refractivity contribution is 0.0518. The van der Waals surface area contributed by atoms with E-state index in [-0.39, 0.29) is 12.3 Å². The Balaban J connectivity index is 1.89. The van der Waals surface area contributed by atoms with E-state index in [4.69, 9.17) is 14.6 Å². The molecule has 0 atom stereocenters. The summed E-state index contributed by atoms with van der Waals surface area (Å²) in [5.74, 6) is 0.0788. The number of fused-ring (bicyclic) bond motifs is 1. The third-order valence-electron chi connectivity index (χ3n) is 5.28. The number of aromatic nitrogens is 6. The van der Waals surface area contributed by atoms with Crippen LogP contribution in [-0.4, -0.2) is 49.5 Å².